The van der Waals surface area contributed by atoms with E-state index >= 15 is 0 Å². The van der Waals surface area contributed by atoms with E-state index in [1.54, 1.807) is 0 Å². The molecule has 1 atom stereocenters. The highest BCUT2D eigenvalue weighted by molar-refractivity contribution is 6.33. The number of rotatable bonds is 3. The van der Waals surface area contributed by atoms with Gasteiger partial charge in [-0.3, -0.25) is 9.59 Å². The molecule has 2 rings (SSSR count). The van der Waals surface area contributed by atoms with Crippen molar-refractivity contribution in [1.82, 2.24) is 10.2 Å². The number of nitrogens with zero attached hydrogens (tertiary/aromatic N) is 2. The number of carbonyl (C=O) groups excluding carboxylic acids is 2. The second-order valence-electron chi connectivity index (χ2n) is 5.71. The number of nitrogens with one attached hydrogen (secondary N) is 1. The van der Waals surface area contributed by atoms with Gasteiger partial charge in [-0.2, -0.15) is 5.26 Å². The van der Waals surface area contributed by atoms with Crippen LogP contribution in [0.3, 0.4) is 0 Å². The third-order valence-electron chi connectivity index (χ3n) is 3.94. The number of benzene rings is 1. The van der Waals surface area contributed by atoms with E-state index in [9.17, 15) is 14.7 Å². The smallest absolute Gasteiger partial charge is 0.255 e. The Hall–Kier alpha value is -2.10. The summed E-state index contributed by atoms with van der Waals surface area (Å²) in [5, 5.41) is 22.3. The standard InChI is InChI=1S/C16H18ClN3O3/c1-19-14(21)8-16(23)5-2-6-20(10-16)15(22)12-7-11(9-18)3-4-13(12)17/h3-4,7,23H,2,5-6,8,10H2,1H3,(H,19,21). The van der Waals surface area contributed by atoms with E-state index in [1.165, 1.54) is 30.1 Å². The average molecular weight is 336 g/mol. The van der Waals surface area contributed by atoms with E-state index < -0.39 is 5.60 Å². The van der Waals surface area contributed by atoms with Crippen LogP contribution in [0.25, 0.3) is 0 Å². The lowest BCUT2D eigenvalue weighted by atomic mass is 9.89. The van der Waals surface area contributed by atoms with Crippen LogP contribution in [0.5, 0.6) is 0 Å². The molecule has 0 bridgehead atoms. The summed E-state index contributed by atoms with van der Waals surface area (Å²) in [6, 6.07) is 6.46. The summed E-state index contributed by atoms with van der Waals surface area (Å²) in [6.45, 7) is 0.536. The summed E-state index contributed by atoms with van der Waals surface area (Å²) >= 11 is 6.06. The minimum Gasteiger partial charge on any atom is -0.388 e. The highest BCUT2D eigenvalue weighted by Gasteiger charge is 2.37. The zero-order valence-electron chi connectivity index (χ0n) is 12.8. The van der Waals surface area contributed by atoms with Crippen molar-refractivity contribution in [2.24, 2.45) is 0 Å². The monoisotopic (exact) mass is 335 g/mol. The Bertz CT molecular complexity index is 671. The number of halogens is 1. The predicted octanol–water partition coefficient (Wildman–Crippen LogP) is 1.31. The van der Waals surface area contributed by atoms with E-state index in [-0.39, 0.29) is 35.4 Å². The lowest BCUT2D eigenvalue weighted by Gasteiger charge is -2.39. The molecule has 1 fully saturated rings. The molecule has 122 valence electrons. The van der Waals surface area contributed by atoms with Crippen molar-refractivity contribution >= 4 is 23.4 Å². The number of hydrogen-bond donors (Lipinski definition) is 2. The SMILES string of the molecule is CNC(=O)CC1(O)CCCN(C(=O)c2cc(C#N)ccc2Cl)C1. The molecule has 1 aromatic carbocycles. The van der Waals surface area contributed by atoms with Crippen molar-refractivity contribution in [3.8, 4) is 6.07 Å². The van der Waals surface area contributed by atoms with Crippen molar-refractivity contribution in [2.45, 2.75) is 24.9 Å². The van der Waals surface area contributed by atoms with Crippen LogP contribution in [-0.4, -0.2) is 47.6 Å². The number of carbonyl (C=O) groups is 2. The van der Waals surface area contributed by atoms with Crippen molar-refractivity contribution in [1.29, 1.82) is 5.26 Å². The van der Waals surface area contributed by atoms with Gasteiger partial charge in [-0.1, -0.05) is 11.6 Å². The Kier molecular flexibility index (Phi) is 5.24. The van der Waals surface area contributed by atoms with Gasteiger partial charge in [-0.25, -0.2) is 0 Å². The Balaban J connectivity index is 2.20. The molecule has 1 unspecified atom stereocenters. The topological polar surface area (TPSA) is 93.4 Å². The molecule has 7 heteroatoms. The molecule has 2 N–H and O–H groups in total. The maximum absolute atomic E-state index is 12.7. The first-order valence-electron chi connectivity index (χ1n) is 7.30. The molecule has 2 amide bonds. The highest BCUT2D eigenvalue weighted by Crippen LogP contribution is 2.27. The van der Waals surface area contributed by atoms with Crippen molar-refractivity contribution < 1.29 is 14.7 Å². The van der Waals surface area contributed by atoms with Gasteiger partial charge in [0, 0.05) is 13.6 Å². The lowest BCUT2D eigenvalue weighted by molar-refractivity contribution is -0.127. The van der Waals surface area contributed by atoms with Crippen LogP contribution in [0, 0.1) is 11.3 Å². The maximum Gasteiger partial charge on any atom is 0.255 e. The van der Waals surface area contributed by atoms with Crippen LogP contribution in [0.1, 0.15) is 35.2 Å². The van der Waals surface area contributed by atoms with E-state index in [4.69, 9.17) is 16.9 Å². The van der Waals surface area contributed by atoms with Crippen LogP contribution in [0.2, 0.25) is 5.02 Å². The van der Waals surface area contributed by atoms with Crippen molar-refractivity contribution in [3.05, 3.63) is 34.3 Å². The third-order valence-corrected chi connectivity index (χ3v) is 4.27. The van der Waals surface area contributed by atoms with E-state index in [0.29, 0.717) is 24.9 Å². The molecule has 0 aromatic heterocycles. The van der Waals surface area contributed by atoms with Gasteiger partial charge in [0.1, 0.15) is 0 Å². The van der Waals surface area contributed by atoms with Crippen LogP contribution in [0.4, 0.5) is 0 Å². The Labute approximate surface area is 139 Å². The third kappa shape index (κ3) is 4.01. The number of hydrogen-bond acceptors (Lipinski definition) is 4. The quantitative estimate of drug-likeness (QED) is 0.871. The summed E-state index contributed by atoms with van der Waals surface area (Å²) in [7, 11) is 1.50. The molecule has 1 aromatic rings. The molecule has 1 aliphatic rings. The van der Waals surface area contributed by atoms with Crippen molar-refractivity contribution in [3.63, 3.8) is 0 Å². The average Bonchev–Trinajstić information content (AvgIpc) is 2.54. The maximum atomic E-state index is 12.7. The molecule has 0 saturated carbocycles. The zero-order valence-corrected chi connectivity index (χ0v) is 13.6. The second-order valence-corrected chi connectivity index (χ2v) is 6.12. The number of piperidine rings is 1. The number of amides is 2. The van der Waals surface area contributed by atoms with Crippen molar-refractivity contribution in [2.75, 3.05) is 20.1 Å². The highest BCUT2D eigenvalue weighted by atomic mass is 35.5. The Morgan fingerprint density at radius 1 is 1.52 bits per heavy atom. The lowest BCUT2D eigenvalue weighted by Crippen LogP contribution is -2.52. The molecule has 1 aliphatic heterocycles. The van der Waals surface area contributed by atoms with Gasteiger partial charge >= 0.3 is 0 Å². The molecule has 1 saturated heterocycles. The molecule has 23 heavy (non-hydrogen) atoms. The number of β-amino-alcohol motifs (C(OH)–C–C–N with tert-alkyl or cyclic N) is 1. The Morgan fingerprint density at radius 2 is 2.26 bits per heavy atom. The van der Waals surface area contributed by atoms with Gasteiger partial charge in [-0.15, -0.1) is 0 Å². The molecular weight excluding hydrogens is 318 g/mol. The molecule has 0 spiro atoms. The van der Waals surface area contributed by atoms with Crippen LogP contribution in [0.15, 0.2) is 18.2 Å². The fourth-order valence-electron chi connectivity index (χ4n) is 2.75. The summed E-state index contributed by atoms with van der Waals surface area (Å²) in [6.07, 6.45) is 0.990. The van der Waals surface area contributed by atoms with Crippen LogP contribution in [-0.2, 0) is 4.79 Å². The largest absolute Gasteiger partial charge is 0.388 e. The Morgan fingerprint density at radius 3 is 2.91 bits per heavy atom. The first kappa shape index (κ1) is 17.3. The summed E-state index contributed by atoms with van der Waals surface area (Å²) in [5.41, 5.74) is -0.668. The predicted molar refractivity (Wildman–Crippen MR) is 84.9 cm³/mol. The summed E-state index contributed by atoms with van der Waals surface area (Å²) < 4.78 is 0. The second kappa shape index (κ2) is 6.99. The molecule has 1 heterocycles. The fourth-order valence-corrected chi connectivity index (χ4v) is 2.94. The zero-order chi connectivity index (χ0) is 17.0. The van der Waals surface area contributed by atoms with Gasteiger partial charge in [0.15, 0.2) is 0 Å². The minimum atomic E-state index is -1.24. The van der Waals surface area contributed by atoms with E-state index in [1.807, 2.05) is 6.07 Å². The normalized spacial score (nSPS) is 20.7. The van der Waals surface area contributed by atoms with Crippen LogP contribution >= 0.6 is 11.6 Å². The summed E-state index contributed by atoms with van der Waals surface area (Å²) in [4.78, 5) is 25.7. The fraction of sp³-hybridized carbons (Fsp3) is 0.438. The number of nitriles is 1. The van der Waals surface area contributed by atoms with Gasteiger partial charge < -0.3 is 15.3 Å². The van der Waals surface area contributed by atoms with Gasteiger partial charge in [0.2, 0.25) is 5.91 Å². The summed E-state index contributed by atoms with van der Waals surface area (Å²) in [5.74, 6) is -0.617. The molecule has 0 radical (unpaired) electrons. The first-order chi connectivity index (χ1) is 10.9. The molecular formula is C16H18ClN3O3. The number of aliphatic hydroxyl groups is 1. The van der Waals surface area contributed by atoms with Crippen LogP contribution < -0.4 is 5.32 Å². The minimum absolute atomic E-state index is 0.0563. The number of likely N-dealkylation sites (tertiary alicyclic amines) is 1. The van der Waals surface area contributed by atoms with Gasteiger partial charge in [0.25, 0.3) is 5.91 Å². The molecule has 6 nitrogen and oxygen atoms in total. The van der Waals surface area contributed by atoms with Gasteiger partial charge in [-0.05, 0) is 31.0 Å². The first-order valence-corrected chi connectivity index (χ1v) is 7.68. The van der Waals surface area contributed by atoms with E-state index in [2.05, 4.69) is 5.32 Å². The van der Waals surface area contributed by atoms with E-state index in [0.717, 1.165) is 0 Å². The van der Waals surface area contributed by atoms with Gasteiger partial charge in [0.05, 0.1) is 40.8 Å². The molecule has 0 aliphatic carbocycles.